The molecule has 4 aliphatic carbocycles. The monoisotopic (exact) mass is 657 g/mol. The largest absolute Gasteiger partial charge is 0.310 e. The van der Waals surface area contributed by atoms with Crippen LogP contribution in [0.15, 0.2) is 152 Å². The molecular formula is C48H39N3. The van der Waals surface area contributed by atoms with Crippen LogP contribution in [0.2, 0.25) is 0 Å². The quantitative estimate of drug-likeness (QED) is 0.189. The van der Waals surface area contributed by atoms with Gasteiger partial charge < -0.3 is 4.90 Å². The second-order valence-electron chi connectivity index (χ2n) is 15.5. The van der Waals surface area contributed by atoms with Crippen molar-refractivity contribution in [3.05, 3.63) is 163 Å². The fraction of sp³-hybridized carbons (Fsp3) is 0.208. The van der Waals surface area contributed by atoms with Gasteiger partial charge in [0.1, 0.15) is 0 Å². The summed E-state index contributed by atoms with van der Waals surface area (Å²) in [5.74, 6) is 3.25. The molecule has 5 aliphatic rings. The smallest absolute Gasteiger partial charge is 0.0936 e. The van der Waals surface area contributed by atoms with Crippen LogP contribution in [-0.2, 0) is 5.41 Å². The van der Waals surface area contributed by atoms with Crippen molar-refractivity contribution in [1.82, 2.24) is 10.2 Å². The van der Waals surface area contributed by atoms with E-state index < -0.39 is 0 Å². The predicted molar refractivity (Wildman–Crippen MR) is 208 cm³/mol. The minimum Gasteiger partial charge on any atom is -0.310 e. The molecule has 3 nitrogen and oxygen atoms in total. The zero-order valence-corrected chi connectivity index (χ0v) is 28.6. The SMILES string of the molecule is c1ccc(N2c3ccccc3C3(c4ccc(-c5ccc(-c6ccc(-c7cccc8ccccc78)nn6)cc5)cc42)C2CC4CC(C2)CC3C4)cc1. The van der Waals surface area contributed by atoms with Gasteiger partial charge in [0.25, 0.3) is 0 Å². The summed E-state index contributed by atoms with van der Waals surface area (Å²) in [5, 5.41) is 11.8. The lowest BCUT2D eigenvalue weighted by Crippen LogP contribution is -2.57. The summed E-state index contributed by atoms with van der Waals surface area (Å²) in [6.07, 6.45) is 6.97. The summed E-state index contributed by atoms with van der Waals surface area (Å²) in [6.45, 7) is 0. The molecule has 1 aromatic heterocycles. The third-order valence-corrected chi connectivity index (χ3v) is 13.0. The highest BCUT2D eigenvalue weighted by Crippen LogP contribution is 2.69. The molecule has 12 rings (SSSR count). The summed E-state index contributed by atoms with van der Waals surface area (Å²) >= 11 is 0. The molecule has 0 radical (unpaired) electrons. The van der Waals surface area contributed by atoms with Crippen LogP contribution in [-0.4, -0.2) is 10.2 Å². The maximum atomic E-state index is 4.68. The van der Waals surface area contributed by atoms with Crippen molar-refractivity contribution < 1.29 is 0 Å². The van der Waals surface area contributed by atoms with Gasteiger partial charge in [-0.15, -0.1) is 10.2 Å². The van der Waals surface area contributed by atoms with Gasteiger partial charge in [-0.2, -0.15) is 0 Å². The average Bonchev–Trinajstić information content (AvgIpc) is 3.19. The lowest BCUT2D eigenvalue weighted by Gasteiger charge is -2.64. The van der Waals surface area contributed by atoms with Gasteiger partial charge in [-0.3, -0.25) is 0 Å². The fourth-order valence-electron chi connectivity index (χ4n) is 11.1. The van der Waals surface area contributed by atoms with E-state index in [1.165, 1.54) is 71.1 Å². The minimum absolute atomic E-state index is 0.0872. The van der Waals surface area contributed by atoms with E-state index in [-0.39, 0.29) is 5.41 Å². The van der Waals surface area contributed by atoms with Gasteiger partial charge in [-0.25, -0.2) is 0 Å². The standard InChI is InChI=1S/C48H39N3/c1-2-11-39(12-3-1)51-46-16-7-6-15-42(46)48(37-26-31-25-32(28-37)29-38(48)27-31)43-22-21-36(30-47(43)51)33-17-19-35(20-18-33)44-23-24-45(50-49-44)41-14-8-10-34-9-4-5-13-40(34)41/h1-24,30-32,37-38H,25-29H2. The summed E-state index contributed by atoms with van der Waals surface area (Å²) in [4.78, 5) is 2.55. The van der Waals surface area contributed by atoms with Gasteiger partial charge >= 0.3 is 0 Å². The summed E-state index contributed by atoms with van der Waals surface area (Å²) in [7, 11) is 0. The van der Waals surface area contributed by atoms with Crippen LogP contribution >= 0.6 is 0 Å². The predicted octanol–water partition coefficient (Wildman–Crippen LogP) is 12.2. The van der Waals surface area contributed by atoms with Crippen LogP contribution in [0.25, 0.3) is 44.4 Å². The number of rotatable bonds is 4. The number of hydrogen-bond acceptors (Lipinski definition) is 3. The first kappa shape index (κ1) is 29.2. The minimum atomic E-state index is 0.0872. The highest BCUT2D eigenvalue weighted by molar-refractivity contribution is 5.96. The van der Waals surface area contributed by atoms with Gasteiger partial charge in [0.2, 0.25) is 0 Å². The van der Waals surface area contributed by atoms with Gasteiger partial charge in [-0.05, 0) is 125 Å². The van der Waals surface area contributed by atoms with E-state index in [1.807, 2.05) is 0 Å². The molecule has 246 valence electrons. The number of benzene rings is 6. The zero-order valence-electron chi connectivity index (χ0n) is 28.6. The van der Waals surface area contributed by atoms with Crippen LogP contribution < -0.4 is 4.90 Å². The van der Waals surface area contributed by atoms with Crippen LogP contribution in [0.5, 0.6) is 0 Å². The molecule has 3 heteroatoms. The fourth-order valence-corrected chi connectivity index (χ4v) is 11.1. The zero-order chi connectivity index (χ0) is 33.5. The number of aromatic nitrogens is 2. The van der Waals surface area contributed by atoms with Gasteiger partial charge in [0.15, 0.2) is 0 Å². The van der Waals surface area contributed by atoms with E-state index in [2.05, 4.69) is 167 Å². The summed E-state index contributed by atoms with van der Waals surface area (Å²) in [5.41, 5.74) is 13.5. The molecule has 51 heavy (non-hydrogen) atoms. The Kier molecular flexibility index (Phi) is 6.44. The van der Waals surface area contributed by atoms with E-state index in [1.54, 1.807) is 11.1 Å². The molecular weight excluding hydrogens is 619 g/mol. The van der Waals surface area contributed by atoms with Crippen molar-refractivity contribution in [2.75, 3.05) is 4.90 Å². The maximum Gasteiger partial charge on any atom is 0.0936 e. The van der Waals surface area contributed by atoms with Crippen LogP contribution in [0.4, 0.5) is 17.1 Å². The van der Waals surface area contributed by atoms with Crippen molar-refractivity contribution in [3.63, 3.8) is 0 Å². The van der Waals surface area contributed by atoms with E-state index in [9.17, 15) is 0 Å². The molecule has 1 aliphatic heterocycles. The van der Waals surface area contributed by atoms with Crippen molar-refractivity contribution in [2.45, 2.75) is 37.5 Å². The van der Waals surface area contributed by atoms with Crippen molar-refractivity contribution in [2.24, 2.45) is 23.7 Å². The molecule has 4 fully saturated rings. The molecule has 0 saturated heterocycles. The lowest BCUT2D eigenvalue weighted by molar-refractivity contribution is -0.0419. The normalized spacial score (nSPS) is 24.1. The average molecular weight is 658 g/mol. The Hall–Kier alpha value is -5.54. The Bertz CT molecular complexity index is 2400. The Morgan fingerprint density at radius 1 is 0.471 bits per heavy atom. The topological polar surface area (TPSA) is 29.0 Å². The Morgan fingerprint density at radius 2 is 1.10 bits per heavy atom. The van der Waals surface area contributed by atoms with Crippen molar-refractivity contribution in [3.8, 4) is 33.6 Å². The van der Waals surface area contributed by atoms with E-state index in [0.717, 1.165) is 34.4 Å². The molecule has 0 atom stereocenters. The van der Waals surface area contributed by atoms with Crippen LogP contribution in [0.3, 0.4) is 0 Å². The number of nitrogens with zero attached hydrogens (tertiary/aromatic N) is 3. The number of hydrogen-bond donors (Lipinski definition) is 0. The highest BCUT2D eigenvalue weighted by atomic mass is 15.2. The Balaban J connectivity index is 0.989. The molecule has 7 aromatic rings. The van der Waals surface area contributed by atoms with Gasteiger partial charge in [-0.1, -0.05) is 115 Å². The van der Waals surface area contributed by atoms with Gasteiger partial charge in [0, 0.05) is 22.2 Å². The third kappa shape index (κ3) is 4.37. The first-order chi connectivity index (χ1) is 25.2. The summed E-state index contributed by atoms with van der Waals surface area (Å²) in [6, 6.07) is 55.7. The first-order valence-corrected chi connectivity index (χ1v) is 18.8. The van der Waals surface area contributed by atoms with Crippen LogP contribution in [0, 0.1) is 23.7 Å². The van der Waals surface area contributed by atoms with E-state index in [0.29, 0.717) is 11.8 Å². The molecule has 2 heterocycles. The van der Waals surface area contributed by atoms with Crippen molar-refractivity contribution in [1.29, 1.82) is 0 Å². The molecule has 0 amide bonds. The molecule has 4 bridgehead atoms. The molecule has 4 saturated carbocycles. The number of fused-ring (bicyclic) bond motifs is 3. The molecule has 0 N–H and O–H groups in total. The second-order valence-corrected chi connectivity index (χ2v) is 15.5. The molecule has 0 unspecified atom stereocenters. The lowest BCUT2D eigenvalue weighted by atomic mass is 9.41. The first-order valence-electron chi connectivity index (χ1n) is 18.8. The molecule has 1 spiro atoms. The van der Waals surface area contributed by atoms with Gasteiger partial charge in [0.05, 0.1) is 22.8 Å². The highest BCUT2D eigenvalue weighted by Gasteiger charge is 2.61. The second kappa shape index (κ2) is 11.2. The third-order valence-electron chi connectivity index (χ3n) is 13.0. The van der Waals surface area contributed by atoms with E-state index >= 15 is 0 Å². The van der Waals surface area contributed by atoms with E-state index in [4.69, 9.17) is 0 Å². The van der Waals surface area contributed by atoms with Crippen molar-refractivity contribution >= 4 is 27.8 Å². The number of anilines is 3. The maximum absolute atomic E-state index is 4.68. The van der Waals surface area contributed by atoms with Crippen LogP contribution in [0.1, 0.15) is 43.2 Å². The Morgan fingerprint density at radius 3 is 1.88 bits per heavy atom. The Labute approximate surface area is 299 Å². The summed E-state index contributed by atoms with van der Waals surface area (Å²) < 4.78 is 0. The number of para-hydroxylation sites is 2. The molecule has 6 aromatic carbocycles.